The average molecular weight is 376 g/mol. The van der Waals surface area contributed by atoms with Gasteiger partial charge in [0.2, 0.25) is 10.0 Å². The van der Waals surface area contributed by atoms with Crippen molar-refractivity contribution in [3.8, 4) is 5.75 Å². The normalized spacial score (nSPS) is 25.9. The van der Waals surface area contributed by atoms with Gasteiger partial charge < -0.3 is 9.84 Å². The third-order valence-corrected chi connectivity index (χ3v) is 6.60. The molecule has 1 fully saturated rings. The van der Waals surface area contributed by atoms with Gasteiger partial charge in [0.1, 0.15) is 10.6 Å². The van der Waals surface area contributed by atoms with Crippen molar-refractivity contribution >= 4 is 26.0 Å². The van der Waals surface area contributed by atoms with Crippen LogP contribution in [0.25, 0.3) is 0 Å². The second-order valence-electron chi connectivity index (χ2n) is 5.73. The topological polar surface area (TPSA) is 66.8 Å². The Morgan fingerprint density at radius 1 is 1.43 bits per heavy atom. The number of hydrogen-bond acceptors (Lipinski definition) is 4. The predicted octanol–water partition coefficient (Wildman–Crippen LogP) is 1.63. The highest BCUT2D eigenvalue weighted by atomic mass is 79.9. The smallest absolute Gasteiger partial charge is 0.246 e. The van der Waals surface area contributed by atoms with Gasteiger partial charge in [-0.15, -0.1) is 0 Å². The van der Waals surface area contributed by atoms with Crippen molar-refractivity contribution in [2.75, 3.05) is 26.3 Å². The number of benzene rings is 1. The van der Waals surface area contributed by atoms with Gasteiger partial charge in [0.15, 0.2) is 0 Å². The summed E-state index contributed by atoms with van der Waals surface area (Å²) < 4.78 is 33.5. The second-order valence-corrected chi connectivity index (χ2v) is 8.55. The highest BCUT2D eigenvalue weighted by molar-refractivity contribution is 9.10. The molecule has 0 unspecified atom stereocenters. The van der Waals surface area contributed by atoms with E-state index in [1.54, 1.807) is 6.07 Å². The summed E-state index contributed by atoms with van der Waals surface area (Å²) in [6, 6.07) is 3.51. The zero-order chi connectivity index (χ0) is 15.2. The van der Waals surface area contributed by atoms with Crippen molar-refractivity contribution in [3.63, 3.8) is 0 Å². The van der Waals surface area contributed by atoms with E-state index in [0.717, 1.165) is 16.5 Å². The number of rotatable bonds is 3. The molecule has 2 heterocycles. The molecule has 2 atom stereocenters. The van der Waals surface area contributed by atoms with Gasteiger partial charge in [0.25, 0.3) is 0 Å². The van der Waals surface area contributed by atoms with Gasteiger partial charge in [-0.2, -0.15) is 4.31 Å². The first-order valence-corrected chi connectivity index (χ1v) is 9.23. The molecule has 0 saturated carbocycles. The summed E-state index contributed by atoms with van der Waals surface area (Å²) in [5, 5.41) is 9.34. The van der Waals surface area contributed by atoms with E-state index in [1.807, 2.05) is 13.0 Å². The van der Waals surface area contributed by atoms with Gasteiger partial charge in [-0.3, -0.25) is 0 Å². The fourth-order valence-corrected chi connectivity index (χ4v) is 5.44. The van der Waals surface area contributed by atoms with Crippen LogP contribution < -0.4 is 4.74 Å². The number of aliphatic hydroxyl groups is 1. The van der Waals surface area contributed by atoms with Crippen molar-refractivity contribution in [1.29, 1.82) is 0 Å². The summed E-state index contributed by atoms with van der Waals surface area (Å²) in [6.07, 6.45) is 0.729. The Labute approximate surface area is 133 Å². The number of aliphatic hydroxyl groups excluding tert-OH is 1. The van der Waals surface area contributed by atoms with E-state index in [2.05, 4.69) is 15.9 Å². The Morgan fingerprint density at radius 3 is 2.86 bits per heavy atom. The first-order valence-electron chi connectivity index (χ1n) is 6.99. The minimum Gasteiger partial charge on any atom is -0.492 e. The zero-order valence-corrected chi connectivity index (χ0v) is 14.2. The maximum absolute atomic E-state index is 12.9. The highest BCUT2D eigenvalue weighted by Crippen LogP contribution is 2.39. The Morgan fingerprint density at radius 2 is 2.19 bits per heavy atom. The summed E-state index contributed by atoms with van der Waals surface area (Å²) in [7, 11) is -3.60. The molecule has 21 heavy (non-hydrogen) atoms. The summed E-state index contributed by atoms with van der Waals surface area (Å²) in [4.78, 5) is 0.232. The quantitative estimate of drug-likeness (QED) is 0.871. The molecule has 0 aliphatic carbocycles. The maximum Gasteiger partial charge on any atom is 0.246 e. The Bertz CT molecular complexity index is 661. The Balaban J connectivity index is 2.00. The van der Waals surface area contributed by atoms with E-state index < -0.39 is 10.0 Å². The van der Waals surface area contributed by atoms with Crippen molar-refractivity contribution in [2.24, 2.45) is 11.8 Å². The lowest BCUT2D eigenvalue weighted by Crippen LogP contribution is -2.29. The lowest BCUT2D eigenvalue weighted by molar-refractivity contribution is 0.210. The maximum atomic E-state index is 12.9. The zero-order valence-electron chi connectivity index (χ0n) is 11.8. The second kappa shape index (κ2) is 5.53. The molecule has 0 radical (unpaired) electrons. The van der Waals surface area contributed by atoms with Crippen molar-refractivity contribution in [2.45, 2.75) is 18.2 Å². The van der Waals surface area contributed by atoms with E-state index in [0.29, 0.717) is 25.4 Å². The van der Waals surface area contributed by atoms with E-state index in [4.69, 9.17) is 4.74 Å². The van der Waals surface area contributed by atoms with Gasteiger partial charge in [-0.1, -0.05) is 22.9 Å². The minimum atomic E-state index is -3.60. The van der Waals surface area contributed by atoms with Crippen LogP contribution in [-0.2, 0) is 16.4 Å². The lowest BCUT2D eigenvalue weighted by Gasteiger charge is -2.18. The van der Waals surface area contributed by atoms with E-state index in [-0.39, 0.29) is 23.3 Å². The monoisotopic (exact) mass is 375 g/mol. The lowest BCUT2D eigenvalue weighted by atomic mass is 10.00. The third-order valence-electron chi connectivity index (χ3n) is 4.30. The van der Waals surface area contributed by atoms with Crippen molar-refractivity contribution in [1.82, 2.24) is 4.31 Å². The van der Waals surface area contributed by atoms with Crippen LogP contribution in [0.2, 0.25) is 0 Å². The van der Waals surface area contributed by atoms with E-state index in [9.17, 15) is 13.5 Å². The van der Waals surface area contributed by atoms with Gasteiger partial charge in [-0.05, 0) is 24.0 Å². The molecular formula is C14H18BrNO4S. The molecule has 1 aromatic carbocycles. The summed E-state index contributed by atoms with van der Waals surface area (Å²) in [5.74, 6) is 0.644. The third kappa shape index (κ3) is 2.60. The molecule has 2 aliphatic rings. The van der Waals surface area contributed by atoms with Crippen LogP contribution in [0.1, 0.15) is 12.5 Å². The van der Waals surface area contributed by atoms with Crippen LogP contribution in [0.15, 0.2) is 21.5 Å². The first-order chi connectivity index (χ1) is 9.93. The first kappa shape index (κ1) is 15.3. The Kier molecular flexibility index (Phi) is 4.02. The summed E-state index contributed by atoms with van der Waals surface area (Å²) in [5.41, 5.74) is 0.925. The van der Waals surface area contributed by atoms with Crippen LogP contribution in [0.4, 0.5) is 0 Å². The number of nitrogens with zero attached hydrogens (tertiary/aromatic N) is 1. The average Bonchev–Trinajstić information content (AvgIpc) is 3.03. The molecular weight excluding hydrogens is 358 g/mol. The number of hydrogen-bond donors (Lipinski definition) is 1. The van der Waals surface area contributed by atoms with Gasteiger partial charge in [0, 0.05) is 36.2 Å². The van der Waals surface area contributed by atoms with Crippen LogP contribution in [0, 0.1) is 11.8 Å². The van der Waals surface area contributed by atoms with Crippen LogP contribution in [0.5, 0.6) is 5.75 Å². The summed E-state index contributed by atoms with van der Waals surface area (Å²) in [6.45, 7) is 3.30. The molecule has 1 saturated heterocycles. The highest BCUT2D eigenvalue weighted by Gasteiger charge is 2.39. The molecule has 116 valence electrons. The van der Waals surface area contributed by atoms with E-state index in [1.165, 1.54) is 4.31 Å². The molecule has 3 rings (SSSR count). The number of halogens is 1. The predicted molar refractivity (Wildman–Crippen MR) is 81.8 cm³/mol. The van der Waals surface area contributed by atoms with Crippen molar-refractivity contribution in [3.05, 3.63) is 22.2 Å². The number of sulfonamides is 1. The molecule has 0 spiro atoms. The molecule has 0 aromatic heterocycles. The molecule has 0 amide bonds. The Hall–Kier alpha value is -0.630. The molecule has 2 aliphatic heterocycles. The van der Waals surface area contributed by atoms with Gasteiger partial charge in [-0.25, -0.2) is 8.42 Å². The number of fused-ring (bicyclic) bond motifs is 1. The van der Waals surface area contributed by atoms with Gasteiger partial charge in [0.05, 0.1) is 6.61 Å². The van der Waals surface area contributed by atoms with Crippen LogP contribution in [-0.4, -0.2) is 44.1 Å². The fourth-order valence-electron chi connectivity index (χ4n) is 2.99. The minimum absolute atomic E-state index is 0.000828. The van der Waals surface area contributed by atoms with Crippen molar-refractivity contribution < 1.29 is 18.3 Å². The number of ether oxygens (including phenoxy) is 1. The fraction of sp³-hybridized carbons (Fsp3) is 0.571. The SMILES string of the molecule is C[C@@H]1CN(S(=O)(=O)c2cc(Br)cc3c2OCC3)C[C@H]1CO. The largest absolute Gasteiger partial charge is 0.492 e. The standard InChI is InChI=1S/C14H18BrNO4S/c1-9-6-16(7-11(9)8-17)21(18,19)13-5-12(15)4-10-2-3-20-14(10)13/h4-5,9,11,17H,2-3,6-8H2,1H3/t9-,11+/m1/s1. The van der Waals surface area contributed by atoms with Crippen LogP contribution in [0.3, 0.4) is 0 Å². The molecule has 1 N–H and O–H groups in total. The molecule has 1 aromatic rings. The van der Waals surface area contributed by atoms with Crippen LogP contribution >= 0.6 is 15.9 Å². The van der Waals surface area contributed by atoms with Gasteiger partial charge >= 0.3 is 0 Å². The molecule has 0 bridgehead atoms. The molecule has 5 nitrogen and oxygen atoms in total. The summed E-state index contributed by atoms with van der Waals surface area (Å²) >= 11 is 3.38. The van der Waals surface area contributed by atoms with E-state index >= 15 is 0 Å². The molecule has 7 heteroatoms.